The van der Waals surface area contributed by atoms with Crippen molar-refractivity contribution < 1.29 is 5.11 Å². The molecule has 1 N–H and O–H groups in total. The quantitative estimate of drug-likeness (QED) is 0.630. The number of rotatable bonds is 0. The van der Waals surface area contributed by atoms with Gasteiger partial charge in [0.2, 0.25) is 0 Å². The molecule has 0 amide bonds. The van der Waals surface area contributed by atoms with Crippen LogP contribution in [0.2, 0.25) is 0 Å². The Hall–Kier alpha value is -0.0400. The van der Waals surface area contributed by atoms with E-state index in [2.05, 4.69) is 27.7 Å². The van der Waals surface area contributed by atoms with Crippen LogP contribution in [0.4, 0.5) is 0 Å². The minimum atomic E-state index is -0.0506. The van der Waals surface area contributed by atoms with Crippen molar-refractivity contribution >= 4 is 0 Å². The summed E-state index contributed by atoms with van der Waals surface area (Å²) in [5, 5.41) is 10.2. The molecule has 0 aromatic rings. The summed E-state index contributed by atoms with van der Waals surface area (Å²) in [6.45, 7) is 9.41. The fourth-order valence-corrected chi connectivity index (χ4v) is 4.41. The van der Waals surface area contributed by atoms with Crippen molar-refractivity contribution in [3.63, 3.8) is 0 Å². The maximum absolute atomic E-state index is 10.2. The highest BCUT2D eigenvalue weighted by molar-refractivity contribution is 5.05. The zero-order valence-corrected chi connectivity index (χ0v) is 10.0. The monoisotopic (exact) mass is 196 g/mol. The Labute approximate surface area is 87.9 Å². The predicted molar refractivity (Wildman–Crippen MR) is 59.0 cm³/mol. The Balaban J connectivity index is 2.35. The first-order valence-electron chi connectivity index (χ1n) is 6.06. The zero-order valence-electron chi connectivity index (χ0n) is 10.0. The van der Waals surface area contributed by atoms with Crippen LogP contribution < -0.4 is 0 Å². The number of fused-ring (bicyclic) bond motifs is 1. The molecule has 2 aliphatic carbocycles. The van der Waals surface area contributed by atoms with E-state index in [1.807, 2.05) is 0 Å². The highest BCUT2D eigenvalue weighted by Gasteiger charge is 2.56. The van der Waals surface area contributed by atoms with Gasteiger partial charge in [0.15, 0.2) is 0 Å². The van der Waals surface area contributed by atoms with Gasteiger partial charge in [0.1, 0.15) is 0 Å². The van der Waals surface area contributed by atoms with Gasteiger partial charge in [-0.3, -0.25) is 0 Å². The van der Waals surface area contributed by atoms with E-state index in [-0.39, 0.29) is 6.10 Å². The first-order valence-corrected chi connectivity index (χ1v) is 6.06. The van der Waals surface area contributed by atoms with Gasteiger partial charge in [0.05, 0.1) is 6.10 Å². The molecule has 2 aliphatic rings. The molecule has 0 spiro atoms. The van der Waals surface area contributed by atoms with E-state index in [0.717, 1.165) is 6.42 Å². The average molecular weight is 196 g/mol. The smallest absolute Gasteiger partial charge is 0.0581 e. The second kappa shape index (κ2) is 2.98. The molecule has 0 heterocycles. The van der Waals surface area contributed by atoms with E-state index in [1.165, 1.54) is 19.3 Å². The summed E-state index contributed by atoms with van der Waals surface area (Å²) in [5.74, 6) is 1.22. The minimum Gasteiger partial charge on any atom is -0.393 e. The van der Waals surface area contributed by atoms with Gasteiger partial charge in [0.25, 0.3) is 0 Å². The SMILES string of the molecule is CC1CC(O)C2C(C)(C)CCCC12C. The van der Waals surface area contributed by atoms with Crippen LogP contribution in [0.25, 0.3) is 0 Å². The molecule has 0 aliphatic heterocycles. The first-order chi connectivity index (χ1) is 6.38. The van der Waals surface area contributed by atoms with Gasteiger partial charge in [-0.2, -0.15) is 0 Å². The lowest BCUT2D eigenvalue weighted by atomic mass is 9.56. The molecule has 4 unspecified atom stereocenters. The zero-order chi connectivity index (χ0) is 10.6. The maximum atomic E-state index is 10.2. The van der Waals surface area contributed by atoms with Crippen molar-refractivity contribution in [1.29, 1.82) is 0 Å². The van der Waals surface area contributed by atoms with E-state index in [4.69, 9.17) is 0 Å². The van der Waals surface area contributed by atoms with Crippen molar-refractivity contribution in [1.82, 2.24) is 0 Å². The summed E-state index contributed by atoms with van der Waals surface area (Å²) in [7, 11) is 0. The molecule has 14 heavy (non-hydrogen) atoms. The van der Waals surface area contributed by atoms with E-state index in [1.54, 1.807) is 0 Å². The third kappa shape index (κ3) is 1.25. The van der Waals surface area contributed by atoms with E-state index in [0.29, 0.717) is 22.7 Å². The average Bonchev–Trinajstić information content (AvgIpc) is 2.22. The van der Waals surface area contributed by atoms with Gasteiger partial charge >= 0.3 is 0 Å². The molecule has 0 aromatic heterocycles. The van der Waals surface area contributed by atoms with Gasteiger partial charge in [0, 0.05) is 0 Å². The summed E-state index contributed by atoms with van der Waals surface area (Å²) >= 11 is 0. The topological polar surface area (TPSA) is 20.2 Å². The Morgan fingerprint density at radius 1 is 1.14 bits per heavy atom. The van der Waals surface area contributed by atoms with Crippen molar-refractivity contribution in [2.45, 2.75) is 59.5 Å². The largest absolute Gasteiger partial charge is 0.393 e. The molecular formula is C13H24O. The Morgan fingerprint density at radius 3 is 2.36 bits per heavy atom. The molecule has 2 saturated carbocycles. The molecular weight excluding hydrogens is 172 g/mol. The fourth-order valence-electron chi connectivity index (χ4n) is 4.41. The molecule has 2 rings (SSSR count). The number of hydrogen-bond acceptors (Lipinski definition) is 1. The van der Waals surface area contributed by atoms with Gasteiger partial charge in [-0.15, -0.1) is 0 Å². The molecule has 1 nitrogen and oxygen atoms in total. The van der Waals surface area contributed by atoms with Crippen LogP contribution in [0.15, 0.2) is 0 Å². The van der Waals surface area contributed by atoms with Gasteiger partial charge < -0.3 is 5.11 Å². The van der Waals surface area contributed by atoms with Crippen molar-refractivity contribution in [2.75, 3.05) is 0 Å². The third-order valence-corrected chi connectivity index (χ3v) is 5.19. The van der Waals surface area contributed by atoms with Crippen LogP contribution in [0.5, 0.6) is 0 Å². The van der Waals surface area contributed by atoms with Crippen molar-refractivity contribution in [2.24, 2.45) is 22.7 Å². The molecule has 0 radical (unpaired) electrons. The summed E-state index contributed by atoms with van der Waals surface area (Å²) in [6.07, 6.45) is 4.92. The molecule has 82 valence electrons. The van der Waals surface area contributed by atoms with E-state index in [9.17, 15) is 5.11 Å². The summed E-state index contributed by atoms with van der Waals surface area (Å²) < 4.78 is 0. The normalized spacial score (nSPS) is 51.6. The third-order valence-electron chi connectivity index (χ3n) is 5.19. The van der Waals surface area contributed by atoms with Crippen LogP contribution in [-0.2, 0) is 0 Å². The lowest BCUT2D eigenvalue weighted by Crippen LogP contribution is -2.44. The van der Waals surface area contributed by atoms with E-state index >= 15 is 0 Å². The number of hydrogen-bond donors (Lipinski definition) is 1. The second-order valence-electron chi connectivity index (χ2n) is 6.53. The Morgan fingerprint density at radius 2 is 1.79 bits per heavy atom. The van der Waals surface area contributed by atoms with Crippen LogP contribution in [-0.4, -0.2) is 11.2 Å². The lowest BCUT2D eigenvalue weighted by molar-refractivity contribution is -0.0448. The number of aliphatic hydroxyl groups is 1. The molecule has 0 bridgehead atoms. The fraction of sp³-hybridized carbons (Fsp3) is 1.00. The minimum absolute atomic E-state index is 0.0506. The molecule has 1 heteroatoms. The first kappa shape index (κ1) is 10.5. The Bertz CT molecular complexity index is 233. The van der Waals surface area contributed by atoms with Crippen LogP contribution in [0, 0.1) is 22.7 Å². The molecule has 0 saturated heterocycles. The standard InChI is InChI=1S/C13H24O/c1-9-8-10(14)11-12(2,3)6-5-7-13(9,11)4/h9-11,14H,5-8H2,1-4H3. The second-order valence-corrected chi connectivity index (χ2v) is 6.53. The molecule has 2 fully saturated rings. The van der Waals surface area contributed by atoms with Crippen LogP contribution in [0.1, 0.15) is 53.4 Å². The van der Waals surface area contributed by atoms with Crippen LogP contribution >= 0.6 is 0 Å². The van der Waals surface area contributed by atoms with Gasteiger partial charge in [-0.25, -0.2) is 0 Å². The van der Waals surface area contributed by atoms with Crippen molar-refractivity contribution in [3.8, 4) is 0 Å². The molecule has 4 atom stereocenters. The summed E-state index contributed by atoms with van der Waals surface area (Å²) in [4.78, 5) is 0. The van der Waals surface area contributed by atoms with Crippen molar-refractivity contribution in [3.05, 3.63) is 0 Å². The summed E-state index contributed by atoms with van der Waals surface area (Å²) in [6, 6.07) is 0. The number of aliphatic hydroxyl groups excluding tert-OH is 1. The maximum Gasteiger partial charge on any atom is 0.0581 e. The lowest BCUT2D eigenvalue weighted by Gasteiger charge is -2.49. The Kier molecular flexibility index (Phi) is 2.23. The summed E-state index contributed by atoms with van der Waals surface area (Å²) in [5.41, 5.74) is 0.748. The highest BCUT2D eigenvalue weighted by Crippen LogP contribution is 2.61. The molecule has 0 aromatic carbocycles. The van der Waals surface area contributed by atoms with Crippen LogP contribution in [0.3, 0.4) is 0 Å². The predicted octanol–water partition coefficient (Wildman–Crippen LogP) is 3.22. The van der Waals surface area contributed by atoms with E-state index < -0.39 is 0 Å². The highest BCUT2D eigenvalue weighted by atomic mass is 16.3. The van der Waals surface area contributed by atoms with Gasteiger partial charge in [-0.05, 0) is 41.9 Å². The van der Waals surface area contributed by atoms with Gasteiger partial charge in [-0.1, -0.05) is 34.1 Å².